The Hall–Kier alpha value is -1.06. The molecule has 0 aliphatic carbocycles. The van der Waals surface area contributed by atoms with E-state index in [4.69, 9.17) is 0 Å². The normalized spacial score (nSPS) is 12.6. The third kappa shape index (κ3) is 2.99. The smallest absolute Gasteiger partial charge is 0.0364 e. The molecular formula is C14H17BrN2. The molecule has 1 atom stereocenters. The van der Waals surface area contributed by atoms with Crippen LogP contribution in [-0.4, -0.2) is 4.57 Å². The number of aryl methyl sites for hydroxylation is 1. The van der Waals surface area contributed by atoms with Crippen molar-refractivity contribution in [1.29, 1.82) is 0 Å². The largest absolute Gasteiger partial charge is 0.353 e. The van der Waals surface area contributed by atoms with Crippen LogP contribution in [0.4, 0.5) is 0 Å². The Labute approximate surface area is 111 Å². The van der Waals surface area contributed by atoms with Crippen molar-refractivity contribution >= 4 is 15.9 Å². The van der Waals surface area contributed by atoms with Crippen LogP contribution in [0, 0.1) is 0 Å². The standard InChI is InChI=1S/C14H17BrN2/c1-11(13-7-3-4-8-14(13)15)16-10-12-6-5-9-17(12)2/h3-9,11,16H,10H2,1-2H3/t11-/m1/s1. The number of nitrogens with zero attached hydrogens (tertiary/aromatic N) is 1. The molecule has 0 fully saturated rings. The first-order valence-corrected chi connectivity index (χ1v) is 6.56. The lowest BCUT2D eigenvalue weighted by atomic mass is 10.1. The maximum atomic E-state index is 3.58. The molecule has 0 unspecified atom stereocenters. The number of benzene rings is 1. The van der Waals surface area contributed by atoms with Gasteiger partial charge in [0.1, 0.15) is 0 Å². The molecule has 2 rings (SSSR count). The molecule has 0 aliphatic rings. The molecule has 17 heavy (non-hydrogen) atoms. The van der Waals surface area contributed by atoms with E-state index in [1.54, 1.807) is 0 Å². The van der Waals surface area contributed by atoms with Gasteiger partial charge in [0.05, 0.1) is 0 Å². The van der Waals surface area contributed by atoms with Gasteiger partial charge in [-0.25, -0.2) is 0 Å². The first-order valence-electron chi connectivity index (χ1n) is 5.76. The Morgan fingerprint density at radius 3 is 2.65 bits per heavy atom. The zero-order valence-corrected chi connectivity index (χ0v) is 11.7. The molecule has 0 saturated heterocycles. The Morgan fingerprint density at radius 1 is 1.24 bits per heavy atom. The highest BCUT2D eigenvalue weighted by Crippen LogP contribution is 2.22. The van der Waals surface area contributed by atoms with E-state index in [9.17, 15) is 0 Å². The van der Waals surface area contributed by atoms with E-state index in [2.05, 4.69) is 76.3 Å². The first-order chi connectivity index (χ1) is 8.18. The fourth-order valence-corrected chi connectivity index (χ4v) is 2.50. The maximum Gasteiger partial charge on any atom is 0.0364 e. The molecule has 0 bridgehead atoms. The molecule has 1 N–H and O–H groups in total. The van der Waals surface area contributed by atoms with Crippen LogP contribution in [0.2, 0.25) is 0 Å². The van der Waals surface area contributed by atoms with Gasteiger partial charge in [0.15, 0.2) is 0 Å². The average Bonchev–Trinajstić information content (AvgIpc) is 2.72. The topological polar surface area (TPSA) is 17.0 Å². The van der Waals surface area contributed by atoms with Gasteiger partial charge in [0.25, 0.3) is 0 Å². The lowest BCUT2D eigenvalue weighted by Crippen LogP contribution is -2.19. The minimum atomic E-state index is 0.334. The lowest BCUT2D eigenvalue weighted by Gasteiger charge is -2.16. The van der Waals surface area contributed by atoms with E-state index in [1.807, 2.05) is 6.07 Å². The molecule has 0 aliphatic heterocycles. The van der Waals surface area contributed by atoms with Crippen molar-refractivity contribution in [2.24, 2.45) is 7.05 Å². The van der Waals surface area contributed by atoms with E-state index in [-0.39, 0.29) is 0 Å². The van der Waals surface area contributed by atoms with Crippen LogP contribution in [0.3, 0.4) is 0 Å². The summed E-state index contributed by atoms with van der Waals surface area (Å²) in [7, 11) is 2.07. The number of hydrogen-bond donors (Lipinski definition) is 1. The molecular weight excluding hydrogens is 276 g/mol. The minimum absolute atomic E-state index is 0.334. The molecule has 2 aromatic rings. The minimum Gasteiger partial charge on any atom is -0.353 e. The lowest BCUT2D eigenvalue weighted by molar-refractivity contribution is 0.556. The van der Waals surface area contributed by atoms with Crippen LogP contribution in [0.15, 0.2) is 47.1 Å². The Bertz CT molecular complexity index is 490. The van der Waals surface area contributed by atoms with Crippen molar-refractivity contribution in [3.05, 3.63) is 58.3 Å². The van der Waals surface area contributed by atoms with Gasteiger partial charge in [-0.15, -0.1) is 0 Å². The van der Waals surface area contributed by atoms with Crippen molar-refractivity contribution in [2.75, 3.05) is 0 Å². The van der Waals surface area contributed by atoms with Crippen LogP contribution in [0.1, 0.15) is 24.2 Å². The summed E-state index contributed by atoms with van der Waals surface area (Å²) in [5, 5.41) is 3.53. The number of aromatic nitrogens is 1. The van der Waals surface area contributed by atoms with E-state index in [1.165, 1.54) is 11.3 Å². The van der Waals surface area contributed by atoms with Crippen LogP contribution in [0.5, 0.6) is 0 Å². The van der Waals surface area contributed by atoms with E-state index in [0.717, 1.165) is 11.0 Å². The Kier molecular flexibility index (Phi) is 4.02. The SMILES string of the molecule is C[C@@H](NCc1cccn1C)c1ccccc1Br. The number of rotatable bonds is 4. The van der Waals surface area contributed by atoms with E-state index in [0.29, 0.717) is 6.04 Å². The predicted octanol–water partition coefficient (Wildman–Crippen LogP) is 3.64. The molecule has 2 nitrogen and oxygen atoms in total. The zero-order chi connectivity index (χ0) is 12.3. The van der Waals surface area contributed by atoms with Gasteiger partial charge in [-0.2, -0.15) is 0 Å². The second-order valence-electron chi connectivity index (χ2n) is 4.23. The van der Waals surface area contributed by atoms with Gasteiger partial charge in [0, 0.05) is 36.0 Å². The fourth-order valence-electron chi connectivity index (χ4n) is 1.87. The van der Waals surface area contributed by atoms with Gasteiger partial charge in [-0.1, -0.05) is 34.1 Å². The van der Waals surface area contributed by atoms with Crippen molar-refractivity contribution in [3.63, 3.8) is 0 Å². The summed E-state index contributed by atoms with van der Waals surface area (Å²) in [5.41, 5.74) is 2.59. The highest BCUT2D eigenvalue weighted by molar-refractivity contribution is 9.10. The summed E-state index contributed by atoms with van der Waals surface area (Å²) in [5.74, 6) is 0. The molecule has 90 valence electrons. The number of nitrogens with one attached hydrogen (secondary N) is 1. The highest BCUT2D eigenvalue weighted by Gasteiger charge is 2.08. The second-order valence-corrected chi connectivity index (χ2v) is 5.09. The van der Waals surface area contributed by atoms with Crippen LogP contribution in [-0.2, 0) is 13.6 Å². The van der Waals surface area contributed by atoms with Crippen molar-refractivity contribution in [3.8, 4) is 0 Å². The van der Waals surface area contributed by atoms with Crippen molar-refractivity contribution < 1.29 is 0 Å². The number of halogens is 1. The van der Waals surface area contributed by atoms with Gasteiger partial charge >= 0.3 is 0 Å². The molecule has 1 heterocycles. The molecule has 1 aromatic heterocycles. The molecule has 0 spiro atoms. The second kappa shape index (κ2) is 5.52. The number of hydrogen-bond acceptors (Lipinski definition) is 1. The maximum absolute atomic E-state index is 3.58. The van der Waals surface area contributed by atoms with Crippen LogP contribution < -0.4 is 5.32 Å². The molecule has 3 heteroatoms. The zero-order valence-electron chi connectivity index (χ0n) is 10.2. The summed E-state index contributed by atoms with van der Waals surface area (Å²) in [4.78, 5) is 0. The third-order valence-corrected chi connectivity index (χ3v) is 3.73. The van der Waals surface area contributed by atoms with E-state index >= 15 is 0 Å². The summed E-state index contributed by atoms with van der Waals surface area (Å²) < 4.78 is 3.30. The molecule has 0 saturated carbocycles. The molecule has 1 aromatic carbocycles. The molecule has 0 amide bonds. The van der Waals surface area contributed by atoms with Gasteiger partial charge in [0.2, 0.25) is 0 Å². The quantitative estimate of drug-likeness (QED) is 0.910. The molecule has 0 radical (unpaired) electrons. The Balaban J connectivity index is 2.01. The van der Waals surface area contributed by atoms with Gasteiger partial charge < -0.3 is 9.88 Å². The van der Waals surface area contributed by atoms with Crippen molar-refractivity contribution in [2.45, 2.75) is 19.5 Å². The summed E-state index contributed by atoms with van der Waals surface area (Å²) in [6.07, 6.45) is 2.07. The van der Waals surface area contributed by atoms with Crippen LogP contribution >= 0.6 is 15.9 Å². The van der Waals surface area contributed by atoms with Gasteiger partial charge in [-0.3, -0.25) is 0 Å². The van der Waals surface area contributed by atoms with Gasteiger partial charge in [-0.05, 0) is 30.7 Å². The van der Waals surface area contributed by atoms with E-state index < -0.39 is 0 Å². The first kappa shape index (κ1) is 12.4. The highest BCUT2D eigenvalue weighted by atomic mass is 79.9. The average molecular weight is 293 g/mol. The summed E-state index contributed by atoms with van der Waals surface area (Å²) >= 11 is 3.58. The third-order valence-electron chi connectivity index (χ3n) is 3.01. The summed E-state index contributed by atoms with van der Waals surface area (Å²) in [6.45, 7) is 3.06. The Morgan fingerprint density at radius 2 is 2.00 bits per heavy atom. The summed E-state index contributed by atoms with van der Waals surface area (Å²) in [6, 6.07) is 12.9. The monoisotopic (exact) mass is 292 g/mol. The van der Waals surface area contributed by atoms with Crippen molar-refractivity contribution in [1.82, 2.24) is 9.88 Å². The predicted molar refractivity (Wildman–Crippen MR) is 74.8 cm³/mol. The fraction of sp³-hybridized carbons (Fsp3) is 0.286. The van der Waals surface area contributed by atoms with Crippen LogP contribution in [0.25, 0.3) is 0 Å².